The Hall–Kier alpha value is -3.45. The van der Waals surface area contributed by atoms with Gasteiger partial charge in [0.1, 0.15) is 24.0 Å². The van der Waals surface area contributed by atoms with Crippen molar-refractivity contribution in [1.82, 2.24) is 36.1 Å². The molecule has 0 aromatic carbocycles. The average Bonchev–Trinajstić information content (AvgIpc) is 3.65. The van der Waals surface area contributed by atoms with Gasteiger partial charge in [-0.1, -0.05) is 59.8 Å². The number of ketones is 1. The van der Waals surface area contributed by atoms with E-state index in [-0.39, 0.29) is 35.4 Å². The normalized spacial score (nSPS) is 25.1. The van der Waals surface area contributed by atoms with Gasteiger partial charge in [0.15, 0.2) is 0 Å². The van der Waals surface area contributed by atoms with Crippen molar-refractivity contribution < 1.29 is 29.1 Å². The van der Waals surface area contributed by atoms with E-state index in [1.54, 1.807) is 4.90 Å². The number of amides is 4. The van der Waals surface area contributed by atoms with Crippen molar-refractivity contribution in [3.05, 3.63) is 24.3 Å². The molecular formula is C36H55N7O6. The third kappa shape index (κ3) is 9.02. The van der Waals surface area contributed by atoms with Crippen LogP contribution in [0.1, 0.15) is 115 Å². The van der Waals surface area contributed by atoms with E-state index in [2.05, 4.69) is 31.2 Å². The van der Waals surface area contributed by atoms with Crippen LogP contribution < -0.4 is 21.3 Å². The van der Waals surface area contributed by atoms with Crippen molar-refractivity contribution in [1.29, 1.82) is 0 Å². The highest BCUT2D eigenvalue weighted by Gasteiger charge is 2.52. The largest absolute Gasteiger partial charge is 0.376 e. The lowest BCUT2D eigenvalue weighted by Crippen LogP contribution is -2.63. The van der Waals surface area contributed by atoms with Crippen LogP contribution in [0.25, 0.3) is 0 Å². The number of hydrogen-bond acceptors (Lipinski definition) is 9. The van der Waals surface area contributed by atoms with Crippen LogP contribution in [0.4, 0.5) is 0 Å². The first kappa shape index (κ1) is 36.8. The molecule has 3 aliphatic carbocycles. The molecule has 1 saturated heterocycles. The Morgan fingerprint density at radius 2 is 1.69 bits per heavy atom. The molecule has 0 spiro atoms. The fourth-order valence-electron chi connectivity index (χ4n) is 8.06. The number of fused-ring (bicyclic) bond motifs is 1. The van der Waals surface area contributed by atoms with Crippen molar-refractivity contribution >= 4 is 29.4 Å². The first-order chi connectivity index (χ1) is 23.4. The minimum absolute atomic E-state index is 0.0155. The van der Waals surface area contributed by atoms with Crippen LogP contribution in [0.15, 0.2) is 18.6 Å². The Morgan fingerprint density at radius 1 is 0.959 bits per heavy atom. The van der Waals surface area contributed by atoms with Crippen LogP contribution in [-0.2, 0) is 19.2 Å². The lowest BCUT2D eigenvalue weighted by Gasteiger charge is -2.40. The maximum absolute atomic E-state index is 14.6. The second-order valence-corrected chi connectivity index (χ2v) is 15.6. The monoisotopic (exact) mass is 681 g/mol. The molecule has 1 aromatic heterocycles. The number of aromatic nitrogens is 2. The lowest BCUT2D eigenvalue weighted by molar-refractivity contribution is -0.144. The molecular weight excluding hydrogens is 626 g/mol. The Morgan fingerprint density at radius 3 is 2.33 bits per heavy atom. The number of carbonyl (C=O) groups is 5. The van der Waals surface area contributed by atoms with E-state index >= 15 is 0 Å². The van der Waals surface area contributed by atoms with Gasteiger partial charge in [0.05, 0.1) is 18.3 Å². The number of carbonyl (C=O) groups excluding carboxylic acids is 5. The number of nitrogens with one attached hydrogen (secondary N) is 4. The van der Waals surface area contributed by atoms with E-state index in [1.807, 2.05) is 27.7 Å². The number of aliphatic hydroxyl groups excluding tert-OH is 1. The smallest absolute Gasteiger partial charge is 0.289 e. The summed E-state index contributed by atoms with van der Waals surface area (Å²) in [5, 5.41) is 23.5. The third-order valence-corrected chi connectivity index (χ3v) is 10.8. The predicted molar refractivity (Wildman–Crippen MR) is 182 cm³/mol. The molecule has 5 rings (SSSR count). The van der Waals surface area contributed by atoms with Gasteiger partial charge in [0, 0.05) is 25.0 Å². The number of Topliss-reactive ketones (excluding diaryl/α,β-unsaturated/α-hetero) is 1. The Kier molecular flexibility index (Phi) is 12.1. The van der Waals surface area contributed by atoms with Crippen molar-refractivity contribution in [2.75, 3.05) is 6.54 Å². The van der Waals surface area contributed by atoms with E-state index in [0.717, 1.165) is 64.2 Å². The molecule has 0 bridgehead atoms. The zero-order valence-corrected chi connectivity index (χ0v) is 29.5. The summed E-state index contributed by atoms with van der Waals surface area (Å²) in [6.45, 7) is 8.01. The number of aliphatic hydroxyl groups is 1. The van der Waals surface area contributed by atoms with Crippen molar-refractivity contribution in [3.63, 3.8) is 0 Å². The molecule has 270 valence electrons. The minimum Gasteiger partial charge on any atom is -0.376 e. The minimum atomic E-state index is -1.25. The summed E-state index contributed by atoms with van der Waals surface area (Å²) in [5.41, 5.74) is -0.599. The highest BCUT2D eigenvalue weighted by Crippen LogP contribution is 2.44. The van der Waals surface area contributed by atoms with Crippen molar-refractivity contribution in [2.24, 2.45) is 23.2 Å². The van der Waals surface area contributed by atoms with Crippen LogP contribution in [0.5, 0.6) is 0 Å². The van der Waals surface area contributed by atoms with Crippen molar-refractivity contribution in [2.45, 2.75) is 141 Å². The second kappa shape index (κ2) is 16.1. The number of rotatable bonds is 14. The molecule has 3 saturated carbocycles. The maximum atomic E-state index is 14.6. The first-order valence-corrected chi connectivity index (χ1v) is 18.4. The van der Waals surface area contributed by atoms with Gasteiger partial charge in [-0.3, -0.25) is 34.3 Å². The lowest BCUT2D eigenvalue weighted by atomic mass is 9.82. The molecule has 1 aromatic rings. The van der Waals surface area contributed by atoms with Crippen LogP contribution in [0, 0.1) is 23.2 Å². The van der Waals surface area contributed by atoms with Crippen LogP contribution >= 0.6 is 0 Å². The van der Waals surface area contributed by atoms with Crippen LogP contribution in [0.3, 0.4) is 0 Å². The van der Waals surface area contributed by atoms with Gasteiger partial charge in [0.2, 0.25) is 17.6 Å². The van der Waals surface area contributed by atoms with E-state index in [0.29, 0.717) is 19.4 Å². The molecule has 1 aliphatic heterocycles. The molecule has 4 amide bonds. The standard InChI is InChI=1S/C36H55N7O6/c1-5-10-25(29(44)34(48)39-23-15-16-23)40-33(47)28-24-14-9-13-22(24)20-43(28)35(49)30(36(2,3)4)42-32(46)27(21-11-7-6-8-12-21)41-31(45)26-19-37-17-18-38-26/h17-19,21-25,27-28,30,33,40,47H,5-16,20H2,1-4H3,(H,39,48)(H,41,45)(H,42,46)/t22?,24?,25?,27-,28-,30?,33?/m0/s1. The molecule has 13 nitrogen and oxygen atoms in total. The van der Waals surface area contributed by atoms with E-state index in [4.69, 9.17) is 0 Å². The highest BCUT2D eigenvalue weighted by atomic mass is 16.3. The Bertz CT molecular complexity index is 1340. The van der Waals surface area contributed by atoms with E-state index in [1.165, 1.54) is 18.6 Å². The summed E-state index contributed by atoms with van der Waals surface area (Å²) >= 11 is 0. The molecule has 13 heteroatoms. The number of hydrogen-bond donors (Lipinski definition) is 5. The quantitative estimate of drug-likeness (QED) is 0.145. The third-order valence-electron chi connectivity index (χ3n) is 10.8. The SMILES string of the molecule is CCCC(NC(O)[C@@H]1C2CCCC2CN1C(=O)C(NC(=O)[C@@H](NC(=O)c1cnccn1)C1CCCCC1)C(C)(C)C)C(=O)C(=O)NC1CC1. The Labute approximate surface area is 289 Å². The summed E-state index contributed by atoms with van der Waals surface area (Å²) < 4.78 is 0. The number of likely N-dealkylation sites (tertiary alicyclic amines) is 1. The fourth-order valence-corrected chi connectivity index (χ4v) is 8.06. The molecule has 49 heavy (non-hydrogen) atoms. The summed E-state index contributed by atoms with van der Waals surface area (Å²) in [6, 6.07) is -3.30. The summed E-state index contributed by atoms with van der Waals surface area (Å²) in [6.07, 6.45) is 13.0. The summed E-state index contributed by atoms with van der Waals surface area (Å²) in [5.74, 6) is -2.39. The van der Waals surface area contributed by atoms with E-state index < -0.39 is 59.3 Å². The van der Waals surface area contributed by atoms with Gasteiger partial charge < -0.3 is 26.0 Å². The summed E-state index contributed by atoms with van der Waals surface area (Å²) in [7, 11) is 0. The zero-order valence-electron chi connectivity index (χ0n) is 29.5. The second-order valence-electron chi connectivity index (χ2n) is 15.6. The molecule has 2 heterocycles. The van der Waals surface area contributed by atoms with Gasteiger partial charge in [-0.15, -0.1) is 0 Å². The van der Waals surface area contributed by atoms with E-state index in [9.17, 15) is 29.1 Å². The molecule has 5 unspecified atom stereocenters. The molecule has 4 aliphatic rings. The number of nitrogens with zero attached hydrogens (tertiary/aromatic N) is 3. The molecule has 4 fully saturated rings. The predicted octanol–water partition coefficient (Wildman–Crippen LogP) is 2.24. The molecule has 7 atom stereocenters. The van der Waals surface area contributed by atoms with Crippen molar-refractivity contribution in [3.8, 4) is 0 Å². The van der Waals surface area contributed by atoms with Crippen LogP contribution in [0.2, 0.25) is 0 Å². The summed E-state index contributed by atoms with van der Waals surface area (Å²) in [4.78, 5) is 77.6. The average molecular weight is 682 g/mol. The van der Waals surface area contributed by atoms with Gasteiger partial charge in [-0.05, 0) is 68.1 Å². The molecule has 5 N–H and O–H groups in total. The van der Waals surface area contributed by atoms with Gasteiger partial charge in [-0.2, -0.15) is 0 Å². The fraction of sp³-hybridized carbons (Fsp3) is 0.750. The Balaban J connectivity index is 1.35. The molecule has 0 radical (unpaired) electrons. The first-order valence-electron chi connectivity index (χ1n) is 18.4. The topological polar surface area (TPSA) is 183 Å². The zero-order chi connectivity index (χ0) is 35.3. The maximum Gasteiger partial charge on any atom is 0.289 e. The van der Waals surface area contributed by atoms with Gasteiger partial charge >= 0.3 is 0 Å². The van der Waals surface area contributed by atoms with Gasteiger partial charge in [-0.25, -0.2) is 4.98 Å². The van der Waals surface area contributed by atoms with Crippen LogP contribution in [-0.4, -0.2) is 92.4 Å². The highest BCUT2D eigenvalue weighted by molar-refractivity contribution is 6.38. The van der Waals surface area contributed by atoms with Gasteiger partial charge in [0.25, 0.3) is 11.8 Å².